The van der Waals surface area contributed by atoms with Crippen LogP contribution in [0.1, 0.15) is 6.23 Å². The summed E-state index contributed by atoms with van der Waals surface area (Å²) in [5.41, 5.74) is 5.36. The van der Waals surface area contributed by atoms with Crippen LogP contribution in [0.25, 0.3) is 11.2 Å². The van der Waals surface area contributed by atoms with Gasteiger partial charge in [-0.25, -0.2) is 9.55 Å². The van der Waals surface area contributed by atoms with Crippen molar-refractivity contribution >= 4 is 17.1 Å². The standard InChI is InChI=1S/C10H13N5O5/c11-10-14-7-4(12-2-13-7)8(19)15(10)9-6(18)5(17)3(1-16)20-9/h2-3,5-6,9,16-18H,1H2,(H2,11,14)(H,12,13)/t3-,5-,6-,9-/m1/s1. The number of ether oxygens (including phenoxy) is 1. The van der Waals surface area contributed by atoms with E-state index < -0.39 is 36.7 Å². The number of nitrogen functional groups attached to an aromatic ring is 1. The van der Waals surface area contributed by atoms with Gasteiger partial charge < -0.3 is 30.8 Å². The fourth-order valence-electron chi connectivity index (χ4n) is 2.26. The summed E-state index contributed by atoms with van der Waals surface area (Å²) >= 11 is 0. The Labute approximate surface area is 111 Å². The highest BCUT2D eigenvalue weighted by Crippen LogP contribution is 2.29. The second-order valence-electron chi connectivity index (χ2n) is 4.48. The molecule has 1 aliphatic rings. The number of aliphatic hydroxyl groups excluding tert-OH is 3. The SMILES string of the molecule is Nc1nc2nc[nH]c2c(=O)n1[C@@H]1O[C@H](CO)[C@@H](O)[C@H]1O. The molecule has 2 aromatic rings. The van der Waals surface area contributed by atoms with Gasteiger partial charge in [-0.3, -0.25) is 4.79 Å². The van der Waals surface area contributed by atoms with E-state index in [1.54, 1.807) is 0 Å². The summed E-state index contributed by atoms with van der Waals surface area (Å²) in [6, 6.07) is 0. The Morgan fingerprint density at radius 1 is 1.45 bits per heavy atom. The van der Waals surface area contributed by atoms with E-state index in [-0.39, 0.29) is 17.1 Å². The largest absolute Gasteiger partial charge is 0.394 e. The van der Waals surface area contributed by atoms with E-state index in [9.17, 15) is 15.0 Å². The Hall–Kier alpha value is -2.01. The van der Waals surface area contributed by atoms with Crippen molar-refractivity contribution in [2.24, 2.45) is 0 Å². The minimum Gasteiger partial charge on any atom is -0.394 e. The molecule has 1 saturated heterocycles. The summed E-state index contributed by atoms with van der Waals surface area (Å²) in [5, 5.41) is 28.7. The molecule has 0 amide bonds. The lowest BCUT2D eigenvalue weighted by Crippen LogP contribution is -2.36. The van der Waals surface area contributed by atoms with Gasteiger partial charge >= 0.3 is 0 Å². The van der Waals surface area contributed by atoms with Crippen LogP contribution in [-0.4, -0.2) is 59.8 Å². The molecule has 0 saturated carbocycles. The van der Waals surface area contributed by atoms with Crippen LogP contribution in [-0.2, 0) is 4.74 Å². The summed E-state index contributed by atoms with van der Waals surface area (Å²) in [6.45, 7) is -0.497. The highest BCUT2D eigenvalue weighted by molar-refractivity contribution is 5.69. The van der Waals surface area contributed by atoms with Gasteiger partial charge in [0.05, 0.1) is 12.9 Å². The maximum atomic E-state index is 12.3. The van der Waals surface area contributed by atoms with Crippen LogP contribution in [0.5, 0.6) is 0 Å². The van der Waals surface area contributed by atoms with Crippen molar-refractivity contribution in [3.63, 3.8) is 0 Å². The molecule has 108 valence electrons. The molecular formula is C10H13N5O5. The molecule has 0 aliphatic carbocycles. The van der Waals surface area contributed by atoms with Crippen molar-refractivity contribution in [2.75, 3.05) is 12.3 Å². The van der Waals surface area contributed by atoms with E-state index in [2.05, 4.69) is 15.0 Å². The number of fused-ring (bicyclic) bond motifs is 1. The zero-order valence-corrected chi connectivity index (χ0v) is 10.2. The number of aromatic amines is 1. The molecule has 0 bridgehead atoms. The van der Waals surface area contributed by atoms with E-state index in [1.165, 1.54) is 6.33 Å². The van der Waals surface area contributed by atoms with Crippen LogP contribution < -0.4 is 11.3 Å². The van der Waals surface area contributed by atoms with Crippen LogP contribution in [0.15, 0.2) is 11.1 Å². The Bertz CT molecular complexity index is 697. The highest BCUT2D eigenvalue weighted by atomic mass is 16.6. The Balaban J connectivity index is 2.13. The van der Waals surface area contributed by atoms with Gasteiger partial charge in [0.25, 0.3) is 5.56 Å². The van der Waals surface area contributed by atoms with Crippen LogP contribution in [0.3, 0.4) is 0 Å². The van der Waals surface area contributed by atoms with Gasteiger partial charge in [0, 0.05) is 0 Å². The molecule has 10 heteroatoms. The molecule has 20 heavy (non-hydrogen) atoms. The molecule has 3 heterocycles. The molecule has 6 N–H and O–H groups in total. The van der Waals surface area contributed by atoms with Crippen molar-refractivity contribution in [1.82, 2.24) is 19.5 Å². The number of nitrogens with two attached hydrogens (primary N) is 1. The van der Waals surface area contributed by atoms with E-state index in [4.69, 9.17) is 15.6 Å². The lowest BCUT2D eigenvalue weighted by Gasteiger charge is -2.18. The van der Waals surface area contributed by atoms with E-state index in [0.717, 1.165) is 4.57 Å². The van der Waals surface area contributed by atoms with Crippen LogP contribution in [0.4, 0.5) is 5.95 Å². The van der Waals surface area contributed by atoms with Crippen molar-refractivity contribution in [3.8, 4) is 0 Å². The van der Waals surface area contributed by atoms with Crippen molar-refractivity contribution in [3.05, 3.63) is 16.7 Å². The van der Waals surface area contributed by atoms with E-state index >= 15 is 0 Å². The first-order valence-corrected chi connectivity index (χ1v) is 5.88. The smallest absolute Gasteiger partial charge is 0.283 e. The number of imidazole rings is 1. The monoisotopic (exact) mass is 283 g/mol. The normalized spacial score (nSPS) is 30.1. The second-order valence-corrected chi connectivity index (χ2v) is 4.48. The van der Waals surface area contributed by atoms with Crippen molar-refractivity contribution < 1.29 is 20.1 Å². The number of nitrogens with zero attached hydrogens (tertiary/aromatic N) is 3. The molecule has 4 atom stereocenters. The predicted octanol–water partition coefficient (Wildman–Crippen LogP) is -2.69. The third-order valence-electron chi connectivity index (χ3n) is 3.29. The zero-order chi connectivity index (χ0) is 14.4. The molecule has 10 nitrogen and oxygen atoms in total. The lowest BCUT2D eigenvalue weighted by molar-refractivity contribution is -0.0534. The number of aromatic nitrogens is 4. The van der Waals surface area contributed by atoms with Gasteiger partial charge in [-0.1, -0.05) is 0 Å². The Morgan fingerprint density at radius 2 is 2.20 bits per heavy atom. The maximum absolute atomic E-state index is 12.3. The molecule has 0 aromatic carbocycles. The average Bonchev–Trinajstić information content (AvgIpc) is 2.98. The fourth-order valence-corrected chi connectivity index (χ4v) is 2.26. The van der Waals surface area contributed by atoms with Gasteiger partial charge in [-0.2, -0.15) is 4.98 Å². The predicted molar refractivity (Wildman–Crippen MR) is 65.6 cm³/mol. The first kappa shape index (κ1) is 13.0. The summed E-state index contributed by atoms with van der Waals surface area (Å²) in [4.78, 5) is 22.6. The van der Waals surface area contributed by atoms with Crippen molar-refractivity contribution in [1.29, 1.82) is 0 Å². The molecule has 0 unspecified atom stereocenters. The Kier molecular flexibility index (Phi) is 2.94. The zero-order valence-electron chi connectivity index (χ0n) is 10.2. The van der Waals surface area contributed by atoms with Gasteiger partial charge in [0.2, 0.25) is 5.95 Å². The molecule has 0 radical (unpaired) electrons. The molecule has 1 fully saturated rings. The second kappa shape index (κ2) is 4.52. The quantitative estimate of drug-likeness (QED) is 0.398. The summed E-state index contributed by atoms with van der Waals surface area (Å²) in [5.74, 6) is -0.204. The van der Waals surface area contributed by atoms with Crippen LogP contribution >= 0.6 is 0 Å². The summed E-state index contributed by atoms with van der Waals surface area (Å²) in [7, 11) is 0. The molecule has 1 aliphatic heterocycles. The number of rotatable bonds is 2. The molecule has 3 rings (SSSR count). The third kappa shape index (κ3) is 1.70. The topological polar surface area (TPSA) is 160 Å². The minimum absolute atomic E-state index is 0.108. The van der Waals surface area contributed by atoms with Gasteiger partial charge in [-0.05, 0) is 0 Å². The number of anilines is 1. The molecular weight excluding hydrogens is 270 g/mol. The number of H-pyrrole nitrogens is 1. The Morgan fingerprint density at radius 3 is 2.85 bits per heavy atom. The fraction of sp³-hybridized carbons (Fsp3) is 0.500. The first-order valence-electron chi connectivity index (χ1n) is 5.88. The minimum atomic E-state index is -1.41. The molecule has 0 spiro atoms. The summed E-state index contributed by atoms with van der Waals surface area (Å²) in [6.07, 6.45) is -3.67. The molecule has 2 aromatic heterocycles. The summed E-state index contributed by atoms with van der Waals surface area (Å²) < 4.78 is 6.19. The third-order valence-corrected chi connectivity index (χ3v) is 3.29. The number of hydrogen-bond donors (Lipinski definition) is 5. The van der Waals surface area contributed by atoms with Crippen LogP contribution in [0, 0.1) is 0 Å². The van der Waals surface area contributed by atoms with E-state index in [1.807, 2.05) is 0 Å². The average molecular weight is 283 g/mol. The van der Waals surface area contributed by atoms with Crippen molar-refractivity contribution in [2.45, 2.75) is 24.5 Å². The number of hydrogen-bond acceptors (Lipinski definition) is 8. The maximum Gasteiger partial charge on any atom is 0.283 e. The van der Waals surface area contributed by atoms with Gasteiger partial charge in [0.15, 0.2) is 17.4 Å². The van der Waals surface area contributed by atoms with Crippen LogP contribution in [0.2, 0.25) is 0 Å². The van der Waals surface area contributed by atoms with E-state index in [0.29, 0.717) is 0 Å². The van der Waals surface area contributed by atoms with Gasteiger partial charge in [-0.15, -0.1) is 0 Å². The number of aliphatic hydroxyl groups is 3. The first-order chi connectivity index (χ1) is 9.54. The number of nitrogens with one attached hydrogen (secondary N) is 1. The lowest BCUT2D eigenvalue weighted by atomic mass is 10.1. The van der Waals surface area contributed by atoms with Gasteiger partial charge in [0.1, 0.15) is 18.3 Å². The highest BCUT2D eigenvalue weighted by Gasteiger charge is 2.44.